The maximum atomic E-state index is 12.7. The van der Waals surface area contributed by atoms with E-state index in [0.29, 0.717) is 10.9 Å². The van der Waals surface area contributed by atoms with Crippen molar-refractivity contribution >= 4 is 66.7 Å². The maximum Gasteiger partial charge on any atom is 0.416 e. The average molecular weight is 463 g/mol. The van der Waals surface area contributed by atoms with Gasteiger partial charge in [-0.15, -0.1) is 0 Å². The summed E-state index contributed by atoms with van der Waals surface area (Å²) in [6.07, 6.45) is -4.38. The van der Waals surface area contributed by atoms with Crippen LogP contribution in [0.5, 0.6) is 0 Å². The third-order valence-corrected chi connectivity index (χ3v) is 5.53. The van der Waals surface area contributed by atoms with Gasteiger partial charge in [0.05, 0.1) is 9.89 Å². The molecule has 1 atom stereocenters. The highest BCUT2D eigenvalue weighted by molar-refractivity contribution is 9.12. The van der Waals surface area contributed by atoms with Gasteiger partial charge < -0.3 is 0 Å². The van der Waals surface area contributed by atoms with Gasteiger partial charge in [0.2, 0.25) is 0 Å². The predicted octanol–water partition coefficient (Wildman–Crippen LogP) is 6.45. The lowest BCUT2D eigenvalue weighted by Crippen LogP contribution is -2.27. The van der Waals surface area contributed by atoms with Gasteiger partial charge in [-0.3, -0.25) is 0 Å². The zero-order chi connectivity index (χ0) is 14.9. The van der Waals surface area contributed by atoms with Gasteiger partial charge in [-0.05, 0) is 11.6 Å². The first-order valence-corrected chi connectivity index (χ1v) is 8.02. The number of hydrogen-bond acceptors (Lipinski definition) is 0. The summed E-state index contributed by atoms with van der Waals surface area (Å²) in [5.74, 6) is 0. The SMILES string of the molecule is FC(F)(F)c1cccc(C(Br)(CBr)CC(Cl)(Cl)Cl)c1. The van der Waals surface area contributed by atoms with E-state index in [9.17, 15) is 13.2 Å². The van der Waals surface area contributed by atoms with Crippen LogP contribution in [0.1, 0.15) is 17.5 Å². The molecule has 0 N–H and O–H groups in total. The molecule has 0 saturated carbocycles. The summed E-state index contributed by atoms with van der Waals surface area (Å²) in [4.78, 5) is 0. The van der Waals surface area contributed by atoms with Gasteiger partial charge in [0, 0.05) is 11.8 Å². The Hall–Kier alpha value is 0.840. The molecule has 0 heterocycles. The van der Waals surface area contributed by atoms with Crippen LogP contribution in [-0.4, -0.2) is 9.12 Å². The Morgan fingerprint density at radius 3 is 2.00 bits per heavy atom. The van der Waals surface area contributed by atoms with Crippen molar-refractivity contribution < 1.29 is 13.2 Å². The number of hydrogen-bond donors (Lipinski definition) is 0. The Kier molecular flexibility index (Phi) is 5.94. The smallest absolute Gasteiger partial charge is 0.166 e. The van der Waals surface area contributed by atoms with Gasteiger partial charge in [-0.25, -0.2) is 0 Å². The topological polar surface area (TPSA) is 0 Å². The zero-order valence-electron chi connectivity index (χ0n) is 9.25. The fraction of sp³-hybridized carbons (Fsp3) is 0.455. The molecule has 0 aliphatic heterocycles. The Balaban J connectivity index is 3.19. The van der Waals surface area contributed by atoms with Crippen molar-refractivity contribution in [3.8, 4) is 0 Å². The van der Waals surface area contributed by atoms with Crippen LogP contribution < -0.4 is 0 Å². The maximum absolute atomic E-state index is 12.7. The molecule has 0 radical (unpaired) electrons. The van der Waals surface area contributed by atoms with Crippen LogP contribution in [0.25, 0.3) is 0 Å². The first-order chi connectivity index (χ1) is 8.48. The Labute approximate surface area is 140 Å². The summed E-state index contributed by atoms with van der Waals surface area (Å²) in [5.41, 5.74) is -0.343. The van der Waals surface area contributed by atoms with E-state index in [0.717, 1.165) is 12.1 Å². The van der Waals surface area contributed by atoms with E-state index in [2.05, 4.69) is 31.9 Å². The van der Waals surface area contributed by atoms with E-state index in [-0.39, 0.29) is 6.42 Å². The molecular weight excluding hydrogens is 455 g/mol. The van der Waals surface area contributed by atoms with Crippen molar-refractivity contribution in [1.82, 2.24) is 0 Å². The molecule has 8 heteroatoms. The van der Waals surface area contributed by atoms with E-state index in [1.54, 1.807) is 6.07 Å². The minimum atomic E-state index is -4.41. The monoisotopic (exact) mass is 460 g/mol. The van der Waals surface area contributed by atoms with Crippen molar-refractivity contribution in [2.45, 2.75) is 20.7 Å². The highest BCUT2D eigenvalue weighted by Crippen LogP contribution is 2.47. The van der Waals surface area contributed by atoms with Crippen molar-refractivity contribution in [3.05, 3.63) is 35.4 Å². The summed E-state index contributed by atoms with van der Waals surface area (Å²) in [6, 6.07) is 4.93. The van der Waals surface area contributed by atoms with E-state index in [1.165, 1.54) is 6.07 Å². The minimum Gasteiger partial charge on any atom is -0.166 e. The molecule has 1 rings (SSSR count). The van der Waals surface area contributed by atoms with E-state index in [1.807, 2.05) is 0 Å². The van der Waals surface area contributed by atoms with E-state index >= 15 is 0 Å². The zero-order valence-corrected chi connectivity index (χ0v) is 14.7. The Morgan fingerprint density at radius 2 is 1.58 bits per heavy atom. The van der Waals surface area contributed by atoms with Gasteiger partial charge in [-0.2, -0.15) is 13.2 Å². The second-order valence-corrected chi connectivity index (χ2v) is 8.56. The molecule has 0 aromatic heterocycles. The minimum absolute atomic E-state index is 0.0250. The number of rotatable bonds is 3. The first-order valence-electron chi connectivity index (χ1n) is 4.97. The number of benzene rings is 1. The van der Waals surface area contributed by atoms with Crippen LogP contribution in [0.2, 0.25) is 0 Å². The lowest BCUT2D eigenvalue weighted by atomic mass is 9.96. The highest BCUT2D eigenvalue weighted by Gasteiger charge is 2.39. The summed E-state index contributed by atoms with van der Waals surface area (Å²) >= 11 is 23.8. The van der Waals surface area contributed by atoms with Crippen LogP contribution in [-0.2, 0) is 10.5 Å². The second kappa shape index (κ2) is 6.30. The fourth-order valence-corrected chi connectivity index (χ4v) is 3.88. The van der Waals surface area contributed by atoms with Gasteiger partial charge in [-0.1, -0.05) is 84.9 Å². The molecule has 0 aliphatic carbocycles. The van der Waals surface area contributed by atoms with Gasteiger partial charge in [0.1, 0.15) is 0 Å². The van der Waals surface area contributed by atoms with Gasteiger partial charge >= 0.3 is 6.18 Å². The largest absolute Gasteiger partial charge is 0.416 e. The molecule has 1 unspecified atom stereocenters. The molecule has 0 aliphatic rings. The molecule has 0 bridgehead atoms. The average Bonchev–Trinajstić information content (AvgIpc) is 2.26. The third kappa shape index (κ3) is 5.27. The lowest BCUT2D eigenvalue weighted by Gasteiger charge is -2.29. The molecule has 0 fully saturated rings. The van der Waals surface area contributed by atoms with E-state index < -0.39 is 19.9 Å². The normalized spacial score (nSPS) is 16.2. The second-order valence-electron chi connectivity index (χ2n) is 3.97. The quantitative estimate of drug-likeness (QED) is 0.452. The van der Waals surface area contributed by atoms with E-state index in [4.69, 9.17) is 34.8 Å². The van der Waals surface area contributed by atoms with Crippen LogP contribution in [0, 0.1) is 0 Å². The molecule has 19 heavy (non-hydrogen) atoms. The number of alkyl halides is 8. The lowest BCUT2D eigenvalue weighted by molar-refractivity contribution is -0.137. The summed E-state index contributed by atoms with van der Waals surface area (Å²) < 4.78 is 35.6. The standard InChI is InChI=1S/C11H8Br2Cl3F3/c12-6-9(13,5-10(14,15)16)7-2-1-3-8(4-7)11(17,18)19/h1-4H,5-6H2. The summed E-state index contributed by atoms with van der Waals surface area (Å²) in [6.45, 7) is 0. The van der Waals surface area contributed by atoms with Crippen LogP contribution in [0.3, 0.4) is 0 Å². The van der Waals surface area contributed by atoms with Crippen molar-refractivity contribution in [3.63, 3.8) is 0 Å². The van der Waals surface area contributed by atoms with Gasteiger partial charge in [0.15, 0.2) is 3.79 Å². The first kappa shape index (κ1) is 17.9. The fourth-order valence-electron chi connectivity index (χ4n) is 1.52. The van der Waals surface area contributed by atoms with Crippen LogP contribution in [0.15, 0.2) is 24.3 Å². The van der Waals surface area contributed by atoms with Crippen LogP contribution in [0.4, 0.5) is 13.2 Å². The molecule has 0 amide bonds. The van der Waals surface area contributed by atoms with Gasteiger partial charge in [0.25, 0.3) is 0 Å². The summed E-state index contributed by atoms with van der Waals surface area (Å²) in [7, 11) is 0. The van der Waals surface area contributed by atoms with Crippen molar-refractivity contribution in [2.24, 2.45) is 0 Å². The van der Waals surface area contributed by atoms with Crippen LogP contribution >= 0.6 is 66.7 Å². The molecule has 1 aromatic rings. The highest BCUT2D eigenvalue weighted by atomic mass is 79.9. The molecule has 1 aromatic carbocycles. The third-order valence-electron chi connectivity index (χ3n) is 2.40. The Morgan fingerprint density at radius 1 is 1.05 bits per heavy atom. The molecule has 0 nitrogen and oxygen atoms in total. The molecule has 108 valence electrons. The molecule has 0 spiro atoms. The molecular formula is C11H8Br2Cl3F3. The molecule has 0 saturated heterocycles. The Bertz CT molecular complexity index is 446. The predicted molar refractivity (Wildman–Crippen MR) is 80.8 cm³/mol. The number of halogens is 8. The van der Waals surface area contributed by atoms with Crippen molar-refractivity contribution in [1.29, 1.82) is 0 Å². The van der Waals surface area contributed by atoms with Crippen molar-refractivity contribution in [2.75, 3.05) is 5.33 Å². The summed E-state index contributed by atoms with van der Waals surface area (Å²) in [5, 5.41) is 0.301.